The lowest BCUT2D eigenvalue weighted by atomic mass is 9.75. The van der Waals surface area contributed by atoms with E-state index in [1.807, 2.05) is 11.8 Å². The van der Waals surface area contributed by atoms with Crippen molar-refractivity contribution in [1.82, 2.24) is 4.90 Å². The van der Waals surface area contributed by atoms with Crippen molar-refractivity contribution in [1.29, 1.82) is 5.26 Å². The summed E-state index contributed by atoms with van der Waals surface area (Å²) >= 11 is 0. The largest absolute Gasteiger partial charge is 0.341 e. The van der Waals surface area contributed by atoms with Crippen LogP contribution >= 0.6 is 0 Å². The quantitative estimate of drug-likeness (QED) is 0.770. The van der Waals surface area contributed by atoms with Crippen molar-refractivity contribution in [3.63, 3.8) is 0 Å². The van der Waals surface area contributed by atoms with Crippen molar-refractivity contribution in [2.45, 2.75) is 51.9 Å². The molecule has 0 bridgehead atoms. The molecule has 1 saturated heterocycles. The van der Waals surface area contributed by atoms with E-state index in [2.05, 4.69) is 6.07 Å². The van der Waals surface area contributed by atoms with Gasteiger partial charge >= 0.3 is 0 Å². The zero-order chi connectivity index (χ0) is 13.0. The number of piperidine rings is 1. The second kappa shape index (κ2) is 6.22. The Balaban J connectivity index is 1.93. The van der Waals surface area contributed by atoms with Gasteiger partial charge in [0, 0.05) is 13.1 Å². The summed E-state index contributed by atoms with van der Waals surface area (Å²) in [6.07, 6.45) is 8.08. The minimum atomic E-state index is -0.407. The van der Waals surface area contributed by atoms with Crippen LogP contribution in [0.4, 0.5) is 0 Å². The van der Waals surface area contributed by atoms with Gasteiger partial charge in [-0.25, -0.2) is 0 Å². The van der Waals surface area contributed by atoms with Crippen LogP contribution in [0.3, 0.4) is 0 Å². The first kappa shape index (κ1) is 13.4. The Morgan fingerprint density at radius 2 is 2.06 bits per heavy atom. The fourth-order valence-electron chi connectivity index (χ4n) is 3.55. The number of hydrogen-bond acceptors (Lipinski definition) is 2. The number of nitriles is 1. The van der Waals surface area contributed by atoms with Crippen LogP contribution in [0.2, 0.25) is 0 Å². The molecule has 1 heterocycles. The van der Waals surface area contributed by atoms with Gasteiger partial charge in [-0.1, -0.05) is 32.6 Å². The summed E-state index contributed by atoms with van der Waals surface area (Å²) in [6.45, 7) is 3.82. The fraction of sp³-hybridized carbons (Fsp3) is 0.867. The Labute approximate surface area is 110 Å². The maximum Gasteiger partial charge on any atom is 0.239 e. The fourth-order valence-corrected chi connectivity index (χ4v) is 3.55. The first-order chi connectivity index (χ1) is 8.76. The van der Waals surface area contributed by atoms with Gasteiger partial charge in [0.25, 0.3) is 0 Å². The third kappa shape index (κ3) is 2.85. The Hall–Kier alpha value is -1.04. The summed E-state index contributed by atoms with van der Waals surface area (Å²) in [5.74, 6) is 1.23. The van der Waals surface area contributed by atoms with E-state index in [1.165, 1.54) is 25.7 Å². The van der Waals surface area contributed by atoms with Crippen molar-refractivity contribution in [2.24, 2.45) is 17.8 Å². The third-order valence-corrected chi connectivity index (χ3v) is 4.63. The molecule has 1 aliphatic heterocycles. The summed E-state index contributed by atoms with van der Waals surface area (Å²) in [5, 5.41) is 9.09. The van der Waals surface area contributed by atoms with Crippen LogP contribution < -0.4 is 0 Å². The number of rotatable bonds is 3. The lowest BCUT2D eigenvalue weighted by molar-refractivity contribution is -0.137. The van der Waals surface area contributed by atoms with E-state index in [4.69, 9.17) is 5.26 Å². The lowest BCUT2D eigenvalue weighted by Crippen LogP contribution is -2.46. The average Bonchev–Trinajstić information content (AvgIpc) is 2.43. The van der Waals surface area contributed by atoms with E-state index < -0.39 is 5.92 Å². The van der Waals surface area contributed by atoms with Crippen molar-refractivity contribution in [3.8, 4) is 6.07 Å². The van der Waals surface area contributed by atoms with Crippen LogP contribution in [-0.2, 0) is 4.79 Å². The number of carbonyl (C=O) groups is 1. The molecule has 18 heavy (non-hydrogen) atoms. The first-order valence-electron chi connectivity index (χ1n) is 7.44. The highest BCUT2D eigenvalue weighted by Gasteiger charge is 2.34. The molecular weight excluding hydrogens is 224 g/mol. The summed E-state index contributed by atoms with van der Waals surface area (Å²) < 4.78 is 0. The van der Waals surface area contributed by atoms with E-state index in [-0.39, 0.29) is 5.91 Å². The van der Waals surface area contributed by atoms with Gasteiger partial charge in [-0.15, -0.1) is 0 Å². The maximum absolute atomic E-state index is 12.3. The second-order valence-electron chi connectivity index (χ2n) is 5.85. The lowest BCUT2D eigenvalue weighted by Gasteiger charge is -2.41. The SMILES string of the molecule is CCCC(C#N)C(=O)N1CCC2CCCCC2C1. The molecule has 0 aromatic heterocycles. The summed E-state index contributed by atoms with van der Waals surface area (Å²) in [4.78, 5) is 14.3. The molecular formula is C15H24N2O. The van der Waals surface area contributed by atoms with Crippen LogP contribution in [0.25, 0.3) is 0 Å². The molecule has 0 radical (unpaired) electrons. The van der Waals surface area contributed by atoms with Crippen molar-refractivity contribution in [2.75, 3.05) is 13.1 Å². The molecule has 1 saturated carbocycles. The minimum absolute atomic E-state index is 0.0865. The van der Waals surface area contributed by atoms with Crippen molar-refractivity contribution in [3.05, 3.63) is 0 Å². The monoisotopic (exact) mass is 248 g/mol. The van der Waals surface area contributed by atoms with E-state index >= 15 is 0 Å². The zero-order valence-electron chi connectivity index (χ0n) is 11.4. The number of fused-ring (bicyclic) bond motifs is 1. The van der Waals surface area contributed by atoms with E-state index in [0.717, 1.165) is 31.8 Å². The highest BCUT2D eigenvalue weighted by Crippen LogP contribution is 2.36. The topological polar surface area (TPSA) is 44.1 Å². The molecule has 1 aliphatic carbocycles. The number of hydrogen-bond donors (Lipinski definition) is 0. The summed E-state index contributed by atoms with van der Waals surface area (Å²) in [7, 11) is 0. The number of amides is 1. The average molecular weight is 248 g/mol. The number of likely N-dealkylation sites (tertiary alicyclic amines) is 1. The third-order valence-electron chi connectivity index (χ3n) is 4.63. The molecule has 3 heteroatoms. The molecule has 0 spiro atoms. The summed E-state index contributed by atoms with van der Waals surface area (Å²) in [6, 6.07) is 2.18. The maximum atomic E-state index is 12.3. The summed E-state index contributed by atoms with van der Waals surface area (Å²) in [5.41, 5.74) is 0. The highest BCUT2D eigenvalue weighted by atomic mass is 16.2. The molecule has 0 N–H and O–H groups in total. The van der Waals surface area contributed by atoms with Crippen molar-refractivity contribution >= 4 is 5.91 Å². The minimum Gasteiger partial charge on any atom is -0.341 e. The Kier molecular flexibility index (Phi) is 4.63. The van der Waals surface area contributed by atoms with Gasteiger partial charge in [-0.05, 0) is 31.1 Å². The Bertz CT molecular complexity index is 334. The van der Waals surface area contributed by atoms with Gasteiger partial charge in [0.15, 0.2) is 0 Å². The molecule has 3 unspecified atom stereocenters. The molecule has 2 rings (SSSR count). The second-order valence-corrected chi connectivity index (χ2v) is 5.85. The van der Waals surface area contributed by atoms with Gasteiger partial charge < -0.3 is 4.90 Å². The predicted octanol–water partition coefficient (Wildman–Crippen LogP) is 2.96. The van der Waals surface area contributed by atoms with Crippen LogP contribution in [0.5, 0.6) is 0 Å². The van der Waals surface area contributed by atoms with Gasteiger partial charge in [0.1, 0.15) is 5.92 Å². The van der Waals surface area contributed by atoms with Crippen molar-refractivity contribution < 1.29 is 4.79 Å². The molecule has 3 atom stereocenters. The molecule has 2 aliphatic rings. The normalized spacial score (nSPS) is 29.2. The Morgan fingerprint density at radius 1 is 1.33 bits per heavy atom. The van der Waals surface area contributed by atoms with Crippen LogP contribution in [0, 0.1) is 29.1 Å². The molecule has 1 amide bonds. The molecule has 2 fully saturated rings. The van der Waals surface area contributed by atoms with Gasteiger partial charge in [0.05, 0.1) is 6.07 Å². The Morgan fingerprint density at radius 3 is 2.72 bits per heavy atom. The predicted molar refractivity (Wildman–Crippen MR) is 70.7 cm³/mol. The smallest absolute Gasteiger partial charge is 0.239 e. The van der Waals surface area contributed by atoms with Crippen LogP contribution in [0.15, 0.2) is 0 Å². The molecule has 100 valence electrons. The van der Waals surface area contributed by atoms with E-state index in [9.17, 15) is 4.79 Å². The number of carbonyl (C=O) groups excluding carboxylic acids is 1. The zero-order valence-corrected chi connectivity index (χ0v) is 11.4. The standard InChI is InChI=1S/C15H24N2O/c1-2-5-13(10-16)15(18)17-9-8-12-6-3-4-7-14(12)11-17/h12-14H,2-9,11H2,1H3. The first-order valence-corrected chi connectivity index (χ1v) is 7.44. The molecule has 0 aromatic carbocycles. The van der Waals surface area contributed by atoms with Crippen LogP contribution in [-0.4, -0.2) is 23.9 Å². The molecule has 3 nitrogen and oxygen atoms in total. The van der Waals surface area contributed by atoms with E-state index in [0.29, 0.717) is 12.3 Å². The van der Waals surface area contributed by atoms with Gasteiger partial charge in [-0.2, -0.15) is 5.26 Å². The highest BCUT2D eigenvalue weighted by molar-refractivity contribution is 5.81. The van der Waals surface area contributed by atoms with Crippen LogP contribution in [0.1, 0.15) is 51.9 Å². The van der Waals surface area contributed by atoms with Gasteiger partial charge in [-0.3, -0.25) is 4.79 Å². The number of nitrogens with zero attached hydrogens (tertiary/aromatic N) is 2. The van der Waals surface area contributed by atoms with Gasteiger partial charge in [0.2, 0.25) is 5.91 Å². The van der Waals surface area contributed by atoms with E-state index in [1.54, 1.807) is 0 Å². The molecule has 0 aromatic rings.